The lowest BCUT2D eigenvalue weighted by atomic mass is 9.97. The number of allylic oxidation sites excluding steroid dienone is 1. The average Bonchev–Trinajstić information content (AvgIpc) is 2.69. The molecule has 3 rings (SSSR count). The largest absolute Gasteiger partial charge is 0.370 e. The number of nitrogens with one attached hydrogen (secondary N) is 2. The van der Waals surface area contributed by atoms with Crippen LogP contribution in [0.5, 0.6) is 0 Å². The predicted molar refractivity (Wildman–Crippen MR) is 111 cm³/mol. The van der Waals surface area contributed by atoms with Gasteiger partial charge in [0.1, 0.15) is 17.3 Å². The van der Waals surface area contributed by atoms with Crippen LogP contribution in [0.2, 0.25) is 0 Å². The van der Waals surface area contributed by atoms with Crippen LogP contribution in [0.1, 0.15) is 65.7 Å². The molecule has 1 heterocycles. The third kappa shape index (κ3) is 5.49. The molecule has 0 aliphatic heterocycles. The molecule has 1 aliphatic rings. The Morgan fingerprint density at radius 1 is 1.11 bits per heavy atom. The third-order valence-electron chi connectivity index (χ3n) is 4.76. The number of carbonyl (C=O) groups is 2. The highest BCUT2D eigenvalue weighted by Crippen LogP contribution is 2.20. The summed E-state index contributed by atoms with van der Waals surface area (Å²) in [7, 11) is 0. The van der Waals surface area contributed by atoms with Gasteiger partial charge < -0.3 is 10.6 Å². The highest BCUT2D eigenvalue weighted by atomic mass is 16.2. The first kappa shape index (κ1) is 19.7. The number of amides is 1. The van der Waals surface area contributed by atoms with Crippen LogP contribution in [0.4, 0.5) is 11.5 Å². The van der Waals surface area contributed by atoms with Crippen molar-refractivity contribution in [1.29, 1.82) is 0 Å². The minimum atomic E-state index is -0.306. The number of Topliss-reactive ketones (excluding diaryl/α,β-unsaturated/α-hetero) is 1. The van der Waals surface area contributed by atoms with E-state index in [1.807, 2.05) is 0 Å². The fraction of sp³-hybridized carbons (Fsp3) is 0.364. The van der Waals surface area contributed by atoms with Crippen molar-refractivity contribution in [3.05, 3.63) is 59.1 Å². The molecule has 1 aromatic heterocycles. The molecule has 1 amide bonds. The lowest BCUT2D eigenvalue weighted by molar-refractivity contribution is 0.101. The van der Waals surface area contributed by atoms with Gasteiger partial charge in [0.05, 0.1) is 0 Å². The van der Waals surface area contributed by atoms with Crippen molar-refractivity contribution in [3.8, 4) is 0 Å². The Kier molecular flexibility index (Phi) is 6.53. The van der Waals surface area contributed by atoms with Gasteiger partial charge in [0.2, 0.25) is 0 Å². The maximum absolute atomic E-state index is 12.6. The fourth-order valence-electron chi connectivity index (χ4n) is 3.24. The molecule has 28 heavy (non-hydrogen) atoms. The molecular weight excluding hydrogens is 352 g/mol. The zero-order valence-electron chi connectivity index (χ0n) is 16.4. The molecule has 0 atom stereocenters. The molecular formula is C22H26N4O2. The molecule has 0 bridgehead atoms. The zero-order chi connectivity index (χ0) is 19.9. The van der Waals surface area contributed by atoms with E-state index >= 15 is 0 Å². The molecule has 1 aliphatic carbocycles. The third-order valence-corrected chi connectivity index (χ3v) is 4.76. The number of hydrogen-bond acceptors (Lipinski definition) is 5. The second-order valence-corrected chi connectivity index (χ2v) is 7.06. The van der Waals surface area contributed by atoms with Gasteiger partial charge in [0.15, 0.2) is 5.78 Å². The topological polar surface area (TPSA) is 84.0 Å². The van der Waals surface area contributed by atoms with Gasteiger partial charge in [-0.1, -0.05) is 11.6 Å². The molecule has 0 fully saturated rings. The summed E-state index contributed by atoms with van der Waals surface area (Å²) in [6.45, 7) is 4.07. The molecule has 0 saturated carbocycles. The van der Waals surface area contributed by atoms with Crippen molar-refractivity contribution < 1.29 is 9.59 Å². The SMILES string of the molecule is CC(=O)c1ccc(NC(=O)c2cc(NCCC3=CCCCC3)nc(C)n2)cc1. The minimum Gasteiger partial charge on any atom is -0.370 e. The van der Waals surface area contributed by atoms with Gasteiger partial charge in [-0.3, -0.25) is 9.59 Å². The van der Waals surface area contributed by atoms with Gasteiger partial charge >= 0.3 is 0 Å². The van der Waals surface area contributed by atoms with E-state index in [2.05, 4.69) is 26.7 Å². The maximum Gasteiger partial charge on any atom is 0.274 e. The van der Waals surface area contributed by atoms with E-state index < -0.39 is 0 Å². The molecule has 0 spiro atoms. The second kappa shape index (κ2) is 9.26. The molecule has 0 radical (unpaired) electrons. The van der Waals surface area contributed by atoms with E-state index in [-0.39, 0.29) is 11.7 Å². The first-order valence-electron chi connectivity index (χ1n) is 9.71. The fourth-order valence-corrected chi connectivity index (χ4v) is 3.24. The second-order valence-electron chi connectivity index (χ2n) is 7.06. The molecule has 2 N–H and O–H groups in total. The summed E-state index contributed by atoms with van der Waals surface area (Å²) in [5.41, 5.74) is 3.03. The van der Waals surface area contributed by atoms with Gasteiger partial charge in [-0.05, 0) is 70.2 Å². The summed E-state index contributed by atoms with van der Waals surface area (Å²) in [5, 5.41) is 6.11. The van der Waals surface area contributed by atoms with Gasteiger partial charge in [0.25, 0.3) is 5.91 Å². The molecule has 2 aromatic rings. The van der Waals surface area contributed by atoms with E-state index in [9.17, 15) is 9.59 Å². The quantitative estimate of drug-likeness (QED) is 0.546. The smallest absolute Gasteiger partial charge is 0.274 e. The van der Waals surface area contributed by atoms with Crippen LogP contribution in [0.25, 0.3) is 0 Å². The van der Waals surface area contributed by atoms with Crippen LogP contribution in [-0.4, -0.2) is 28.2 Å². The van der Waals surface area contributed by atoms with Gasteiger partial charge in [-0.2, -0.15) is 0 Å². The van der Waals surface area contributed by atoms with Crippen LogP contribution >= 0.6 is 0 Å². The number of aryl methyl sites for hydroxylation is 1. The predicted octanol–water partition coefficient (Wildman–Crippen LogP) is 4.54. The Bertz CT molecular complexity index is 888. The number of rotatable bonds is 7. The van der Waals surface area contributed by atoms with Crippen molar-refractivity contribution in [1.82, 2.24) is 9.97 Å². The number of aromatic nitrogens is 2. The first-order valence-corrected chi connectivity index (χ1v) is 9.71. The van der Waals surface area contributed by atoms with Crippen LogP contribution in [0, 0.1) is 6.92 Å². The Morgan fingerprint density at radius 3 is 2.57 bits per heavy atom. The van der Waals surface area contributed by atoms with Crippen LogP contribution in [0.3, 0.4) is 0 Å². The van der Waals surface area contributed by atoms with Crippen LogP contribution in [0.15, 0.2) is 42.0 Å². The zero-order valence-corrected chi connectivity index (χ0v) is 16.4. The lowest BCUT2D eigenvalue weighted by Crippen LogP contribution is -2.16. The van der Waals surface area contributed by atoms with Gasteiger partial charge in [-0.25, -0.2) is 9.97 Å². The van der Waals surface area contributed by atoms with E-state index in [1.54, 1.807) is 37.3 Å². The number of ketones is 1. The Balaban J connectivity index is 1.62. The molecule has 6 nitrogen and oxygen atoms in total. The van der Waals surface area contributed by atoms with Crippen molar-refractivity contribution in [2.24, 2.45) is 0 Å². The highest BCUT2D eigenvalue weighted by Gasteiger charge is 2.12. The van der Waals surface area contributed by atoms with E-state index in [0.717, 1.165) is 13.0 Å². The standard InChI is InChI=1S/C22H26N4O2/c1-15(27)18-8-10-19(11-9-18)26-22(28)20-14-21(25-16(2)24-20)23-13-12-17-6-4-3-5-7-17/h6,8-11,14H,3-5,7,12-13H2,1-2H3,(H,26,28)(H,23,24,25). The molecule has 0 saturated heterocycles. The number of benzene rings is 1. The van der Waals surface area contributed by atoms with Crippen LogP contribution < -0.4 is 10.6 Å². The number of carbonyl (C=O) groups excluding carboxylic acids is 2. The molecule has 1 aromatic carbocycles. The van der Waals surface area contributed by atoms with Crippen molar-refractivity contribution in [2.45, 2.75) is 46.0 Å². The number of nitrogens with zero attached hydrogens (tertiary/aromatic N) is 2. The normalized spacial score (nSPS) is 13.6. The van der Waals surface area contributed by atoms with Crippen LogP contribution in [-0.2, 0) is 0 Å². The Labute approximate surface area is 165 Å². The lowest BCUT2D eigenvalue weighted by Gasteiger charge is -2.13. The summed E-state index contributed by atoms with van der Waals surface area (Å²) in [6.07, 6.45) is 8.26. The molecule has 0 unspecified atom stereocenters. The first-order chi connectivity index (χ1) is 13.5. The minimum absolute atomic E-state index is 0.0102. The maximum atomic E-state index is 12.6. The van der Waals surface area contributed by atoms with Gasteiger partial charge in [-0.15, -0.1) is 0 Å². The summed E-state index contributed by atoms with van der Waals surface area (Å²) in [4.78, 5) is 32.5. The molecule has 146 valence electrons. The molecule has 6 heteroatoms. The summed E-state index contributed by atoms with van der Waals surface area (Å²) >= 11 is 0. The van der Waals surface area contributed by atoms with Crippen molar-refractivity contribution in [3.63, 3.8) is 0 Å². The Hall–Kier alpha value is -3.02. The number of anilines is 2. The highest BCUT2D eigenvalue weighted by molar-refractivity contribution is 6.03. The summed E-state index contributed by atoms with van der Waals surface area (Å²) in [6, 6.07) is 8.47. The summed E-state index contributed by atoms with van der Waals surface area (Å²) in [5.74, 6) is 0.878. The summed E-state index contributed by atoms with van der Waals surface area (Å²) < 4.78 is 0. The Morgan fingerprint density at radius 2 is 1.89 bits per heavy atom. The monoisotopic (exact) mass is 378 g/mol. The van der Waals surface area contributed by atoms with Crippen molar-refractivity contribution >= 4 is 23.2 Å². The van der Waals surface area contributed by atoms with Gasteiger partial charge in [0, 0.05) is 23.9 Å². The van der Waals surface area contributed by atoms with Crippen molar-refractivity contribution in [2.75, 3.05) is 17.2 Å². The number of hydrogen-bond donors (Lipinski definition) is 2. The van der Waals surface area contributed by atoms with E-state index in [1.165, 1.54) is 38.2 Å². The van der Waals surface area contributed by atoms with E-state index in [0.29, 0.717) is 28.6 Å². The average molecular weight is 378 g/mol. The van der Waals surface area contributed by atoms with E-state index in [4.69, 9.17) is 0 Å².